The van der Waals surface area contributed by atoms with Crippen molar-refractivity contribution in [2.75, 3.05) is 0 Å². The normalized spacial score (nSPS) is 10.7. The fourth-order valence-corrected chi connectivity index (χ4v) is 0.927. The van der Waals surface area contributed by atoms with E-state index in [-0.39, 0.29) is 5.60 Å². The highest BCUT2D eigenvalue weighted by atomic mass is 16.5. The highest BCUT2D eigenvalue weighted by Gasteiger charge is 2.18. The summed E-state index contributed by atoms with van der Waals surface area (Å²) in [6, 6.07) is 5.54. The molecule has 0 fully saturated rings. The van der Waals surface area contributed by atoms with Crippen molar-refractivity contribution >= 4 is 0 Å². The zero-order valence-electron chi connectivity index (χ0n) is 8.74. The van der Waals surface area contributed by atoms with Gasteiger partial charge in [-0.15, -0.1) is 0 Å². The van der Waals surface area contributed by atoms with E-state index in [2.05, 4.69) is 4.98 Å². The van der Waals surface area contributed by atoms with Crippen LogP contribution >= 0.6 is 0 Å². The minimum absolute atomic E-state index is 0.255. The second-order valence-corrected chi connectivity index (χ2v) is 3.68. The molecule has 1 aromatic heterocycles. The molecule has 0 spiro atoms. The van der Waals surface area contributed by atoms with E-state index in [0.717, 1.165) is 6.42 Å². The van der Waals surface area contributed by atoms with Crippen LogP contribution < -0.4 is 4.74 Å². The maximum absolute atomic E-state index is 8.80. The predicted molar refractivity (Wildman–Crippen MR) is 54.0 cm³/mol. The Bertz CT molecular complexity index is 353. The van der Waals surface area contributed by atoms with E-state index in [4.69, 9.17) is 10.00 Å². The van der Waals surface area contributed by atoms with Crippen LogP contribution in [0.1, 0.15) is 32.9 Å². The van der Waals surface area contributed by atoms with E-state index in [1.54, 1.807) is 18.3 Å². The molecule has 0 atom stereocenters. The molecule has 1 rings (SSSR count). The summed E-state index contributed by atoms with van der Waals surface area (Å²) < 4.78 is 5.69. The molecule has 3 nitrogen and oxygen atoms in total. The van der Waals surface area contributed by atoms with Gasteiger partial charge in [0.15, 0.2) is 11.4 Å². The lowest BCUT2D eigenvalue weighted by Crippen LogP contribution is -2.27. The zero-order valence-corrected chi connectivity index (χ0v) is 8.74. The summed E-state index contributed by atoms with van der Waals surface area (Å²) in [4.78, 5) is 3.93. The first-order chi connectivity index (χ1) is 6.59. The second-order valence-electron chi connectivity index (χ2n) is 3.68. The lowest BCUT2D eigenvalue weighted by molar-refractivity contribution is 0.104. The Morgan fingerprint density at radius 2 is 2.29 bits per heavy atom. The van der Waals surface area contributed by atoms with Gasteiger partial charge in [-0.25, -0.2) is 4.98 Å². The van der Waals surface area contributed by atoms with Crippen LogP contribution in [-0.4, -0.2) is 10.6 Å². The number of pyridine rings is 1. The van der Waals surface area contributed by atoms with Gasteiger partial charge >= 0.3 is 0 Å². The van der Waals surface area contributed by atoms with Crippen LogP contribution in [0, 0.1) is 11.3 Å². The minimum Gasteiger partial charge on any atom is -0.485 e. The van der Waals surface area contributed by atoms with Crippen molar-refractivity contribution < 1.29 is 4.74 Å². The van der Waals surface area contributed by atoms with Crippen LogP contribution in [0.25, 0.3) is 0 Å². The van der Waals surface area contributed by atoms with Crippen molar-refractivity contribution in [3.63, 3.8) is 0 Å². The molecule has 1 heterocycles. The van der Waals surface area contributed by atoms with Crippen LogP contribution in [0.5, 0.6) is 5.75 Å². The molecule has 0 unspecified atom stereocenters. The Kier molecular flexibility index (Phi) is 3.08. The summed E-state index contributed by atoms with van der Waals surface area (Å²) in [5.74, 6) is 0.557. The van der Waals surface area contributed by atoms with Gasteiger partial charge in [0.2, 0.25) is 0 Å². The molecule has 14 heavy (non-hydrogen) atoms. The lowest BCUT2D eigenvalue weighted by atomic mass is 10.1. The summed E-state index contributed by atoms with van der Waals surface area (Å²) in [6.07, 6.45) is 2.47. The van der Waals surface area contributed by atoms with Gasteiger partial charge in [-0.3, -0.25) is 0 Å². The third kappa shape index (κ3) is 2.46. The molecule has 0 aliphatic heterocycles. The SMILES string of the molecule is CCC(C)(C)Oc1cccnc1C#N. The van der Waals surface area contributed by atoms with E-state index in [1.807, 2.05) is 26.8 Å². The smallest absolute Gasteiger partial charge is 0.182 e. The Morgan fingerprint density at radius 1 is 1.57 bits per heavy atom. The summed E-state index contributed by atoms with van der Waals surface area (Å²) in [7, 11) is 0. The quantitative estimate of drug-likeness (QED) is 0.735. The molecule has 1 aromatic rings. The number of hydrogen-bond donors (Lipinski definition) is 0. The Hall–Kier alpha value is -1.56. The predicted octanol–water partition coefficient (Wildman–Crippen LogP) is 2.52. The van der Waals surface area contributed by atoms with Crippen molar-refractivity contribution in [2.24, 2.45) is 0 Å². The molecule has 0 saturated heterocycles. The van der Waals surface area contributed by atoms with E-state index in [0.29, 0.717) is 11.4 Å². The molecule has 74 valence electrons. The van der Waals surface area contributed by atoms with Gasteiger partial charge in [0.05, 0.1) is 0 Å². The monoisotopic (exact) mass is 190 g/mol. The Balaban J connectivity index is 2.92. The van der Waals surface area contributed by atoms with E-state index < -0.39 is 0 Å². The van der Waals surface area contributed by atoms with Crippen LogP contribution in [-0.2, 0) is 0 Å². The molecular weight excluding hydrogens is 176 g/mol. The summed E-state index contributed by atoms with van der Waals surface area (Å²) in [6.45, 7) is 6.02. The van der Waals surface area contributed by atoms with Crippen LogP contribution in [0.3, 0.4) is 0 Å². The Labute approximate surface area is 84.3 Å². The molecular formula is C11H14N2O. The highest BCUT2D eigenvalue weighted by molar-refractivity contribution is 5.36. The maximum atomic E-state index is 8.80. The molecule has 0 radical (unpaired) electrons. The molecule has 0 aliphatic rings. The van der Waals surface area contributed by atoms with Crippen molar-refractivity contribution in [1.29, 1.82) is 5.26 Å². The Morgan fingerprint density at radius 3 is 2.86 bits per heavy atom. The molecule has 0 N–H and O–H groups in total. The molecule has 0 amide bonds. The van der Waals surface area contributed by atoms with E-state index in [1.165, 1.54) is 0 Å². The van der Waals surface area contributed by atoms with Crippen LogP contribution in [0.4, 0.5) is 0 Å². The van der Waals surface area contributed by atoms with Gasteiger partial charge in [-0.1, -0.05) is 6.92 Å². The fraction of sp³-hybridized carbons (Fsp3) is 0.455. The maximum Gasteiger partial charge on any atom is 0.182 e. The van der Waals surface area contributed by atoms with Gasteiger partial charge < -0.3 is 4.74 Å². The third-order valence-corrected chi connectivity index (χ3v) is 2.11. The van der Waals surface area contributed by atoms with E-state index >= 15 is 0 Å². The number of aromatic nitrogens is 1. The third-order valence-electron chi connectivity index (χ3n) is 2.11. The minimum atomic E-state index is -0.255. The van der Waals surface area contributed by atoms with Gasteiger partial charge in [-0.05, 0) is 32.4 Å². The van der Waals surface area contributed by atoms with Gasteiger partial charge in [0.25, 0.3) is 0 Å². The average Bonchev–Trinajstić information content (AvgIpc) is 2.18. The number of nitrogens with zero attached hydrogens (tertiary/aromatic N) is 2. The molecule has 0 aromatic carbocycles. The number of nitriles is 1. The average molecular weight is 190 g/mol. The molecule has 0 saturated carbocycles. The van der Waals surface area contributed by atoms with Crippen molar-refractivity contribution in [3.05, 3.63) is 24.0 Å². The van der Waals surface area contributed by atoms with Gasteiger partial charge in [-0.2, -0.15) is 5.26 Å². The zero-order chi connectivity index (χ0) is 10.6. The van der Waals surface area contributed by atoms with Gasteiger partial charge in [0.1, 0.15) is 11.7 Å². The number of ether oxygens (including phenoxy) is 1. The topological polar surface area (TPSA) is 45.9 Å². The van der Waals surface area contributed by atoms with Crippen LogP contribution in [0.15, 0.2) is 18.3 Å². The van der Waals surface area contributed by atoms with Gasteiger partial charge in [0, 0.05) is 6.20 Å². The lowest BCUT2D eigenvalue weighted by Gasteiger charge is -2.24. The number of hydrogen-bond acceptors (Lipinski definition) is 3. The van der Waals surface area contributed by atoms with Crippen molar-refractivity contribution in [1.82, 2.24) is 4.98 Å². The molecule has 0 bridgehead atoms. The first-order valence-electron chi connectivity index (χ1n) is 4.63. The molecule has 3 heteroatoms. The first kappa shape index (κ1) is 10.5. The highest BCUT2D eigenvalue weighted by Crippen LogP contribution is 2.22. The van der Waals surface area contributed by atoms with Crippen molar-refractivity contribution in [3.8, 4) is 11.8 Å². The number of rotatable bonds is 3. The fourth-order valence-electron chi connectivity index (χ4n) is 0.927. The van der Waals surface area contributed by atoms with Crippen molar-refractivity contribution in [2.45, 2.75) is 32.8 Å². The summed E-state index contributed by atoms with van der Waals surface area (Å²) in [5.41, 5.74) is 0.0864. The molecule has 0 aliphatic carbocycles. The van der Waals surface area contributed by atoms with Crippen LogP contribution in [0.2, 0.25) is 0 Å². The summed E-state index contributed by atoms with van der Waals surface area (Å²) >= 11 is 0. The first-order valence-corrected chi connectivity index (χ1v) is 4.63. The second kappa shape index (κ2) is 4.10. The largest absolute Gasteiger partial charge is 0.485 e. The summed E-state index contributed by atoms with van der Waals surface area (Å²) in [5, 5.41) is 8.80. The van der Waals surface area contributed by atoms with E-state index in [9.17, 15) is 0 Å². The standard InChI is InChI=1S/C11H14N2O/c1-4-11(2,3)14-10-6-5-7-13-9(10)8-12/h5-7H,4H2,1-3H3.